The number of aliphatic imine (C=N–C) groups is 1. The lowest BCUT2D eigenvalue weighted by atomic mass is 9.99. The summed E-state index contributed by atoms with van der Waals surface area (Å²) in [5.74, 6) is 0.940. The first-order valence-corrected chi connectivity index (χ1v) is 8.17. The van der Waals surface area contributed by atoms with Crippen LogP contribution in [0.25, 0.3) is 0 Å². The normalized spacial score (nSPS) is 12.7. The van der Waals surface area contributed by atoms with Gasteiger partial charge >= 0.3 is 0 Å². The van der Waals surface area contributed by atoms with Crippen LogP contribution < -0.4 is 4.84 Å². The van der Waals surface area contributed by atoms with Crippen LogP contribution in [0.1, 0.15) is 18.1 Å². The van der Waals surface area contributed by atoms with E-state index in [0.717, 1.165) is 11.1 Å². The maximum Gasteiger partial charge on any atom is 0.238 e. The highest BCUT2D eigenvalue weighted by Gasteiger charge is 2.18. The first kappa shape index (κ1) is 19.5. The van der Waals surface area contributed by atoms with Gasteiger partial charge in [0.25, 0.3) is 0 Å². The van der Waals surface area contributed by atoms with Crippen molar-refractivity contribution in [3.05, 3.63) is 64.7 Å². The van der Waals surface area contributed by atoms with Crippen molar-refractivity contribution in [3.8, 4) is 5.75 Å². The molecule has 0 heterocycles. The molecule has 0 saturated carbocycles. The Morgan fingerprint density at radius 1 is 0.923 bits per heavy atom. The van der Waals surface area contributed by atoms with Crippen LogP contribution in [0.2, 0.25) is 5.02 Å². The first-order chi connectivity index (χ1) is 12.6. The van der Waals surface area contributed by atoms with E-state index < -0.39 is 0 Å². The minimum absolute atomic E-state index is 0.353. The van der Waals surface area contributed by atoms with Gasteiger partial charge in [-0.3, -0.25) is 4.99 Å². The van der Waals surface area contributed by atoms with Crippen molar-refractivity contribution in [1.29, 1.82) is 0 Å². The van der Waals surface area contributed by atoms with E-state index in [0.29, 0.717) is 28.1 Å². The van der Waals surface area contributed by atoms with Gasteiger partial charge in [0.15, 0.2) is 11.5 Å². The zero-order chi connectivity index (χ0) is 18.9. The summed E-state index contributed by atoms with van der Waals surface area (Å²) in [5.41, 5.74) is 2.70. The second kappa shape index (κ2) is 9.58. The summed E-state index contributed by atoms with van der Waals surface area (Å²) in [6.45, 7) is 1.84. The van der Waals surface area contributed by atoms with Crippen LogP contribution in [0.4, 0.5) is 0 Å². The van der Waals surface area contributed by atoms with Crippen LogP contribution in [-0.2, 0) is 9.57 Å². The topological polar surface area (TPSA) is 64.8 Å². The quantitative estimate of drug-likeness (QED) is 0.433. The van der Waals surface area contributed by atoms with E-state index in [-0.39, 0.29) is 0 Å². The van der Waals surface area contributed by atoms with Crippen molar-refractivity contribution in [2.75, 3.05) is 21.3 Å². The lowest BCUT2D eigenvalue weighted by Crippen LogP contribution is -2.21. The van der Waals surface area contributed by atoms with Gasteiger partial charge in [-0.1, -0.05) is 46.2 Å². The molecule has 2 rings (SSSR count). The van der Waals surface area contributed by atoms with Gasteiger partial charge in [-0.05, 0) is 31.2 Å². The fraction of sp³-hybridized carbons (Fsp3) is 0.211. The van der Waals surface area contributed by atoms with Gasteiger partial charge in [0.05, 0.1) is 12.8 Å². The van der Waals surface area contributed by atoms with Crippen LogP contribution in [0, 0.1) is 0 Å². The van der Waals surface area contributed by atoms with E-state index in [1.165, 1.54) is 14.2 Å². The van der Waals surface area contributed by atoms with E-state index in [1.54, 1.807) is 31.3 Å². The fourth-order valence-corrected chi connectivity index (χ4v) is 2.39. The van der Waals surface area contributed by atoms with Crippen molar-refractivity contribution < 1.29 is 14.4 Å². The number of nitrogens with zero attached hydrogens (tertiary/aromatic N) is 3. The molecular formula is C19H20ClN3O3. The Balaban J connectivity index is 2.39. The largest absolute Gasteiger partial charge is 0.480 e. The van der Waals surface area contributed by atoms with Gasteiger partial charge < -0.3 is 14.4 Å². The van der Waals surface area contributed by atoms with E-state index in [2.05, 4.69) is 15.3 Å². The average molecular weight is 374 g/mol. The van der Waals surface area contributed by atoms with Gasteiger partial charge in [-0.15, -0.1) is 0 Å². The molecule has 26 heavy (non-hydrogen) atoms. The monoisotopic (exact) mass is 373 g/mol. The van der Waals surface area contributed by atoms with E-state index in [9.17, 15) is 0 Å². The predicted octanol–water partition coefficient (Wildman–Crippen LogP) is 4.17. The number of ether oxygens (including phenoxy) is 1. The number of oxime groups is 2. The average Bonchev–Trinajstić information content (AvgIpc) is 2.67. The van der Waals surface area contributed by atoms with E-state index in [4.69, 9.17) is 26.0 Å². The minimum Gasteiger partial charge on any atom is -0.480 e. The highest BCUT2D eigenvalue weighted by atomic mass is 35.5. The molecular weight excluding hydrogens is 354 g/mol. The third-order valence-electron chi connectivity index (χ3n) is 3.46. The molecule has 2 aromatic rings. The molecule has 0 aliphatic carbocycles. The lowest BCUT2D eigenvalue weighted by molar-refractivity contribution is 0.213. The van der Waals surface area contributed by atoms with Crippen LogP contribution in [0.5, 0.6) is 5.75 Å². The number of rotatable bonds is 6. The molecule has 7 heteroatoms. The van der Waals surface area contributed by atoms with Crippen LogP contribution in [-0.4, -0.2) is 38.6 Å². The summed E-state index contributed by atoms with van der Waals surface area (Å²) in [7, 11) is 4.62. The van der Waals surface area contributed by atoms with Crippen molar-refractivity contribution in [3.63, 3.8) is 0 Å². The molecule has 6 nitrogen and oxygen atoms in total. The summed E-state index contributed by atoms with van der Waals surface area (Å²) in [6, 6.07) is 14.6. The maximum atomic E-state index is 5.87. The Hall–Kier alpha value is -2.86. The zero-order valence-corrected chi connectivity index (χ0v) is 15.8. The van der Waals surface area contributed by atoms with Crippen LogP contribution in [0.3, 0.4) is 0 Å². The zero-order valence-electron chi connectivity index (χ0n) is 15.1. The van der Waals surface area contributed by atoms with E-state index >= 15 is 0 Å². The molecule has 0 unspecified atom stereocenters. The second-order valence-corrected chi connectivity index (χ2v) is 5.56. The summed E-state index contributed by atoms with van der Waals surface area (Å²) < 4.78 is 5.30. The van der Waals surface area contributed by atoms with Crippen molar-refractivity contribution >= 4 is 28.9 Å². The molecule has 0 radical (unpaired) electrons. The first-order valence-electron chi connectivity index (χ1n) is 7.80. The second-order valence-electron chi connectivity index (χ2n) is 5.12. The Morgan fingerprint density at radius 3 is 2.15 bits per heavy atom. The highest BCUT2D eigenvalue weighted by molar-refractivity contribution is 6.46. The minimum atomic E-state index is 0.353. The number of hydrogen-bond donors (Lipinski definition) is 0. The molecule has 136 valence electrons. The molecule has 0 aliphatic heterocycles. The molecule has 0 fully saturated rings. The maximum absolute atomic E-state index is 5.87. The lowest BCUT2D eigenvalue weighted by Gasteiger charge is -2.12. The smallest absolute Gasteiger partial charge is 0.238 e. The summed E-state index contributed by atoms with van der Waals surface area (Å²) in [4.78, 5) is 14.5. The van der Waals surface area contributed by atoms with Gasteiger partial charge in [0.1, 0.15) is 7.11 Å². The van der Waals surface area contributed by atoms with Crippen LogP contribution in [0.15, 0.2) is 63.8 Å². The van der Waals surface area contributed by atoms with Gasteiger partial charge in [0, 0.05) is 23.2 Å². The fourth-order valence-electron chi connectivity index (χ4n) is 2.26. The number of benzene rings is 2. The molecule has 0 aromatic heterocycles. The Kier molecular flexibility index (Phi) is 7.17. The third kappa shape index (κ3) is 4.83. The highest BCUT2D eigenvalue weighted by Crippen LogP contribution is 2.17. The molecule has 0 N–H and O–H groups in total. The molecule has 0 bridgehead atoms. The molecule has 0 aliphatic rings. The van der Waals surface area contributed by atoms with Gasteiger partial charge in [-0.25, -0.2) is 0 Å². The molecule has 0 atom stereocenters. The Bertz CT molecular complexity index is 830. The number of hydrogen-bond acceptors (Lipinski definition) is 6. The van der Waals surface area contributed by atoms with Crippen molar-refractivity contribution in [2.24, 2.45) is 15.3 Å². The van der Waals surface area contributed by atoms with Crippen molar-refractivity contribution in [2.45, 2.75) is 6.92 Å². The summed E-state index contributed by atoms with van der Waals surface area (Å²) >= 11 is 5.87. The summed E-state index contributed by atoms with van der Waals surface area (Å²) in [5, 5.41) is 8.90. The van der Waals surface area contributed by atoms with Gasteiger partial charge in [0.2, 0.25) is 5.90 Å². The third-order valence-corrected chi connectivity index (χ3v) is 3.71. The standard InChI is InChI=1S/C19H20ClN3O3/c1-13(22-26-15-11-9-14(20)10-12-15)16-7-5-6-8-17(16)18(23-25-4)19(21-2)24-3/h5-12H,1-4H3. The Labute approximate surface area is 157 Å². The number of methoxy groups -OCH3 is 1. The molecule has 0 amide bonds. The predicted molar refractivity (Wildman–Crippen MR) is 105 cm³/mol. The van der Waals surface area contributed by atoms with E-state index in [1.807, 2.05) is 31.2 Å². The molecule has 0 saturated heterocycles. The van der Waals surface area contributed by atoms with Crippen molar-refractivity contribution in [1.82, 2.24) is 0 Å². The SMILES string of the molecule is CN=C(OC)C(=NOC)c1ccccc1C(C)=NOc1ccc(Cl)cc1. The Morgan fingerprint density at radius 2 is 1.58 bits per heavy atom. The molecule has 2 aromatic carbocycles. The summed E-state index contributed by atoms with van der Waals surface area (Å²) in [6.07, 6.45) is 0. The molecule has 0 spiro atoms. The van der Waals surface area contributed by atoms with Gasteiger partial charge in [-0.2, -0.15) is 0 Å². The number of halogens is 1. The van der Waals surface area contributed by atoms with Crippen LogP contribution >= 0.6 is 11.6 Å².